The van der Waals surface area contributed by atoms with Crippen LogP contribution >= 0.6 is 0 Å². The first-order valence-corrected chi connectivity index (χ1v) is 11.7. The van der Waals surface area contributed by atoms with Gasteiger partial charge in [0.2, 0.25) is 10.0 Å². The summed E-state index contributed by atoms with van der Waals surface area (Å²) in [5.74, 6) is -0.975. The normalized spacial score (nSPS) is 14.9. The molecule has 1 N–H and O–H groups in total. The zero-order chi connectivity index (χ0) is 23.8. The van der Waals surface area contributed by atoms with Crippen molar-refractivity contribution in [2.45, 2.75) is 25.7 Å². The Balaban J connectivity index is 1.65. The van der Waals surface area contributed by atoms with Gasteiger partial charge in [0.15, 0.2) is 0 Å². The molecule has 2 aromatic heterocycles. The van der Waals surface area contributed by atoms with Gasteiger partial charge in [-0.05, 0) is 45.0 Å². The molecule has 1 saturated heterocycles. The first kappa shape index (κ1) is 23.0. The summed E-state index contributed by atoms with van der Waals surface area (Å²) in [5, 5.41) is 7.04. The van der Waals surface area contributed by atoms with Crippen LogP contribution in [0.15, 0.2) is 35.2 Å². The van der Waals surface area contributed by atoms with Gasteiger partial charge in [0.1, 0.15) is 16.5 Å². The average molecular weight is 475 g/mol. The number of rotatable bonds is 5. The number of benzene rings is 1. The maximum atomic E-state index is 14.5. The summed E-state index contributed by atoms with van der Waals surface area (Å²) >= 11 is 0. The molecule has 0 aliphatic carbocycles. The summed E-state index contributed by atoms with van der Waals surface area (Å²) in [4.78, 5) is 21.1. The van der Waals surface area contributed by atoms with Crippen LogP contribution in [0.5, 0.6) is 0 Å². The predicted octanol–water partition coefficient (Wildman–Crippen LogP) is 2.00. The van der Waals surface area contributed by atoms with Crippen LogP contribution in [-0.2, 0) is 14.8 Å². The summed E-state index contributed by atoms with van der Waals surface area (Å²) in [6.45, 7) is 6.08. The lowest BCUT2D eigenvalue weighted by molar-refractivity contribution is 0.0729. The molecule has 1 amide bonds. The minimum atomic E-state index is -4.12. The van der Waals surface area contributed by atoms with E-state index < -0.39 is 26.6 Å². The molecule has 1 aromatic carbocycles. The van der Waals surface area contributed by atoms with Crippen molar-refractivity contribution in [1.82, 2.24) is 24.1 Å². The smallest absolute Gasteiger partial charge is 0.256 e. The fraction of sp³-hybridized carbons (Fsp3) is 0.333. The second kappa shape index (κ2) is 8.96. The molecule has 0 unspecified atom stereocenters. The molecule has 174 valence electrons. The molecule has 3 aromatic rings. The van der Waals surface area contributed by atoms with Crippen LogP contribution in [0.2, 0.25) is 0 Å². The Bertz CT molecular complexity index is 1300. The largest absolute Gasteiger partial charge is 0.379 e. The number of sulfonamides is 1. The molecule has 0 bridgehead atoms. The molecular weight excluding hydrogens is 451 g/mol. The van der Waals surface area contributed by atoms with Gasteiger partial charge in [-0.1, -0.05) is 0 Å². The van der Waals surface area contributed by atoms with E-state index in [9.17, 15) is 17.6 Å². The van der Waals surface area contributed by atoms with Crippen LogP contribution in [-0.4, -0.2) is 64.7 Å². The molecule has 10 nitrogen and oxygen atoms in total. The number of amides is 1. The quantitative estimate of drug-likeness (QED) is 0.601. The Morgan fingerprint density at radius 1 is 1.03 bits per heavy atom. The minimum Gasteiger partial charge on any atom is -0.379 e. The number of carbonyl (C=O) groups is 1. The highest BCUT2D eigenvalue weighted by molar-refractivity contribution is 7.89. The van der Waals surface area contributed by atoms with Crippen molar-refractivity contribution in [3.63, 3.8) is 0 Å². The molecule has 1 aliphatic heterocycles. The highest BCUT2D eigenvalue weighted by Gasteiger charge is 2.30. The topological polar surface area (TPSA) is 119 Å². The number of halogens is 1. The number of aryl methyl sites for hydroxylation is 3. The number of carbonyl (C=O) groups excluding carboxylic acids is 1. The van der Waals surface area contributed by atoms with Crippen LogP contribution in [0.4, 0.5) is 10.2 Å². The lowest BCUT2D eigenvalue weighted by Gasteiger charge is -2.26. The number of morpholine rings is 1. The standard InChI is InChI=1S/C21H23FN6O4S/c1-13-10-14(2)24-21(23-13)28-19(11-15(3)26-28)25-20(29)16-4-5-17(22)18(12-16)33(30,31)27-6-8-32-9-7-27/h4-5,10-12H,6-9H2,1-3H3,(H,25,29). The van der Waals surface area contributed by atoms with Crippen LogP contribution in [0.1, 0.15) is 27.4 Å². The van der Waals surface area contributed by atoms with Crippen molar-refractivity contribution in [1.29, 1.82) is 0 Å². The van der Waals surface area contributed by atoms with Gasteiger partial charge < -0.3 is 10.1 Å². The lowest BCUT2D eigenvalue weighted by Crippen LogP contribution is -2.41. The molecular formula is C21H23FN6O4S. The average Bonchev–Trinajstić information content (AvgIpc) is 3.13. The van der Waals surface area contributed by atoms with Crippen molar-refractivity contribution in [3.05, 3.63) is 58.8 Å². The summed E-state index contributed by atoms with van der Waals surface area (Å²) in [6, 6.07) is 6.68. The Hall–Kier alpha value is -3.22. The number of nitrogens with one attached hydrogen (secondary N) is 1. The van der Waals surface area contributed by atoms with E-state index in [1.54, 1.807) is 13.0 Å². The number of anilines is 1. The number of hydrogen-bond donors (Lipinski definition) is 1. The van der Waals surface area contributed by atoms with Crippen molar-refractivity contribution in [3.8, 4) is 5.95 Å². The fourth-order valence-corrected chi connectivity index (χ4v) is 5.00. The van der Waals surface area contributed by atoms with E-state index in [1.807, 2.05) is 19.9 Å². The van der Waals surface area contributed by atoms with Gasteiger partial charge in [-0.3, -0.25) is 4.79 Å². The fourth-order valence-electron chi connectivity index (χ4n) is 3.50. The second-order valence-corrected chi connectivity index (χ2v) is 9.56. The van der Waals surface area contributed by atoms with E-state index >= 15 is 0 Å². The molecule has 12 heteroatoms. The summed E-state index contributed by atoms with van der Waals surface area (Å²) < 4.78 is 48.0. The molecule has 4 rings (SSSR count). The highest BCUT2D eigenvalue weighted by Crippen LogP contribution is 2.23. The number of nitrogens with zero attached hydrogens (tertiary/aromatic N) is 5. The minimum absolute atomic E-state index is 0.0185. The molecule has 0 atom stereocenters. The van der Waals surface area contributed by atoms with E-state index in [4.69, 9.17) is 4.74 Å². The van der Waals surface area contributed by atoms with Gasteiger partial charge in [0.05, 0.1) is 18.9 Å². The van der Waals surface area contributed by atoms with E-state index in [0.717, 1.165) is 27.8 Å². The highest BCUT2D eigenvalue weighted by atomic mass is 32.2. The Morgan fingerprint density at radius 2 is 1.70 bits per heavy atom. The van der Waals surface area contributed by atoms with Gasteiger partial charge in [-0.15, -0.1) is 0 Å². The molecule has 0 saturated carbocycles. The van der Waals surface area contributed by atoms with Crippen molar-refractivity contribution in [2.75, 3.05) is 31.6 Å². The van der Waals surface area contributed by atoms with Crippen LogP contribution in [0, 0.1) is 26.6 Å². The molecule has 0 radical (unpaired) electrons. The third kappa shape index (κ3) is 4.77. The number of ether oxygens (including phenoxy) is 1. The molecule has 1 aliphatic rings. The number of aromatic nitrogens is 4. The molecule has 1 fully saturated rings. The molecule has 0 spiro atoms. The van der Waals surface area contributed by atoms with Gasteiger partial charge in [0.25, 0.3) is 11.9 Å². The Kier molecular flexibility index (Phi) is 6.23. The summed E-state index contributed by atoms with van der Waals surface area (Å²) in [7, 11) is -4.12. The van der Waals surface area contributed by atoms with E-state index in [-0.39, 0.29) is 37.8 Å². The van der Waals surface area contributed by atoms with Crippen LogP contribution in [0.3, 0.4) is 0 Å². The maximum Gasteiger partial charge on any atom is 0.256 e. The van der Waals surface area contributed by atoms with Gasteiger partial charge >= 0.3 is 0 Å². The maximum absolute atomic E-state index is 14.5. The van der Waals surface area contributed by atoms with Crippen molar-refractivity contribution < 1.29 is 22.3 Å². The Labute approximate surface area is 190 Å². The van der Waals surface area contributed by atoms with Gasteiger partial charge in [-0.25, -0.2) is 22.8 Å². The summed E-state index contributed by atoms with van der Waals surface area (Å²) in [5.41, 5.74) is 2.07. The zero-order valence-electron chi connectivity index (χ0n) is 18.4. The first-order chi connectivity index (χ1) is 15.6. The van der Waals surface area contributed by atoms with Gasteiger partial charge in [0, 0.05) is 36.1 Å². The summed E-state index contributed by atoms with van der Waals surface area (Å²) in [6.07, 6.45) is 0. The third-order valence-corrected chi connectivity index (χ3v) is 6.93. The third-order valence-electron chi connectivity index (χ3n) is 5.01. The Morgan fingerprint density at radius 3 is 2.36 bits per heavy atom. The first-order valence-electron chi connectivity index (χ1n) is 10.2. The van der Waals surface area contributed by atoms with Crippen molar-refractivity contribution in [2.24, 2.45) is 0 Å². The van der Waals surface area contributed by atoms with E-state index in [1.165, 1.54) is 10.7 Å². The lowest BCUT2D eigenvalue weighted by atomic mass is 10.2. The second-order valence-electron chi connectivity index (χ2n) is 7.65. The zero-order valence-corrected chi connectivity index (χ0v) is 19.2. The SMILES string of the molecule is Cc1cc(C)nc(-n2nc(C)cc2NC(=O)c2ccc(F)c(S(=O)(=O)N3CCOCC3)c2)n1. The van der Waals surface area contributed by atoms with Gasteiger partial charge in [-0.2, -0.15) is 14.1 Å². The number of hydrogen-bond acceptors (Lipinski definition) is 7. The van der Waals surface area contributed by atoms with Crippen LogP contribution < -0.4 is 5.32 Å². The van der Waals surface area contributed by atoms with E-state index in [0.29, 0.717) is 11.5 Å². The predicted molar refractivity (Wildman–Crippen MR) is 117 cm³/mol. The molecule has 3 heterocycles. The van der Waals surface area contributed by atoms with Crippen LogP contribution in [0.25, 0.3) is 5.95 Å². The van der Waals surface area contributed by atoms with E-state index in [2.05, 4.69) is 20.4 Å². The molecule has 33 heavy (non-hydrogen) atoms. The monoisotopic (exact) mass is 474 g/mol. The van der Waals surface area contributed by atoms with Crippen molar-refractivity contribution >= 4 is 21.7 Å².